The zero-order valence-corrected chi connectivity index (χ0v) is 7.83. The van der Waals surface area contributed by atoms with Crippen LogP contribution < -0.4 is 11.1 Å². The summed E-state index contributed by atoms with van der Waals surface area (Å²) in [6.45, 7) is 2.25. The largest absolute Gasteiger partial charge is 0.396 e. The number of nitrogen functional groups attached to an aromatic ring is 1. The molecule has 2 unspecified atom stereocenters. The predicted molar refractivity (Wildman–Crippen MR) is 54.5 cm³/mol. The van der Waals surface area contributed by atoms with Gasteiger partial charge in [-0.2, -0.15) is 0 Å². The molecule has 0 bridgehead atoms. The summed E-state index contributed by atoms with van der Waals surface area (Å²) in [6, 6.07) is 4.29. The smallest absolute Gasteiger partial charge is 0.149 e. The van der Waals surface area contributed by atoms with Gasteiger partial charge in [-0.25, -0.2) is 4.98 Å². The number of nitrogens with one attached hydrogen (secondary N) is 1. The summed E-state index contributed by atoms with van der Waals surface area (Å²) in [5.41, 5.74) is 6.51. The van der Waals surface area contributed by atoms with Gasteiger partial charge in [0.1, 0.15) is 5.82 Å². The van der Waals surface area contributed by atoms with Gasteiger partial charge in [-0.05, 0) is 30.9 Å². The number of hydrogen-bond acceptors (Lipinski definition) is 3. The molecular weight excluding hydrogens is 162 g/mol. The van der Waals surface area contributed by atoms with E-state index in [1.165, 1.54) is 12.8 Å². The number of anilines is 2. The highest BCUT2D eigenvalue weighted by Gasteiger charge is 2.26. The first kappa shape index (κ1) is 8.35. The Hall–Kier alpha value is -1.25. The molecule has 1 fully saturated rings. The third kappa shape index (κ3) is 1.59. The van der Waals surface area contributed by atoms with Crippen LogP contribution in [0, 0.1) is 5.92 Å². The fourth-order valence-electron chi connectivity index (χ4n) is 1.60. The lowest BCUT2D eigenvalue weighted by Gasteiger charge is -2.35. The van der Waals surface area contributed by atoms with E-state index in [9.17, 15) is 0 Å². The standard InChI is InChI=1S/C10H15N3/c1-7-4-5-9(7)13-10-8(11)3-2-6-12-10/h2-3,6-7,9H,4-5,11H2,1H3,(H,12,13). The lowest BCUT2D eigenvalue weighted by molar-refractivity contribution is 0.303. The van der Waals surface area contributed by atoms with Gasteiger partial charge in [-0.1, -0.05) is 6.92 Å². The van der Waals surface area contributed by atoms with E-state index in [2.05, 4.69) is 17.2 Å². The normalized spacial score (nSPS) is 26.5. The van der Waals surface area contributed by atoms with Crippen molar-refractivity contribution in [2.45, 2.75) is 25.8 Å². The Morgan fingerprint density at radius 3 is 2.92 bits per heavy atom. The maximum atomic E-state index is 5.77. The zero-order valence-electron chi connectivity index (χ0n) is 7.83. The minimum absolute atomic E-state index is 0.567. The molecule has 1 aliphatic rings. The molecule has 13 heavy (non-hydrogen) atoms. The molecule has 0 saturated heterocycles. The average molecular weight is 177 g/mol. The number of pyridine rings is 1. The van der Waals surface area contributed by atoms with Crippen molar-refractivity contribution in [1.29, 1.82) is 0 Å². The van der Waals surface area contributed by atoms with Gasteiger partial charge in [-0.15, -0.1) is 0 Å². The molecule has 2 rings (SSSR count). The van der Waals surface area contributed by atoms with Crippen LogP contribution in [0.5, 0.6) is 0 Å². The maximum absolute atomic E-state index is 5.77. The van der Waals surface area contributed by atoms with E-state index in [1.807, 2.05) is 12.1 Å². The van der Waals surface area contributed by atoms with Gasteiger partial charge in [0.25, 0.3) is 0 Å². The van der Waals surface area contributed by atoms with Crippen LogP contribution in [-0.2, 0) is 0 Å². The lowest BCUT2D eigenvalue weighted by atomic mass is 9.81. The second-order valence-electron chi connectivity index (χ2n) is 3.75. The van der Waals surface area contributed by atoms with Gasteiger partial charge in [0.05, 0.1) is 5.69 Å². The fourth-order valence-corrected chi connectivity index (χ4v) is 1.60. The first-order valence-electron chi connectivity index (χ1n) is 4.74. The topological polar surface area (TPSA) is 50.9 Å². The highest BCUT2D eigenvalue weighted by atomic mass is 15.0. The fraction of sp³-hybridized carbons (Fsp3) is 0.500. The quantitative estimate of drug-likeness (QED) is 0.725. The van der Waals surface area contributed by atoms with E-state index < -0.39 is 0 Å². The van der Waals surface area contributed by atoms with E-state index in [4.69, 9.17) is 5.73 Å². The highest BCUT2D eigenvalue weighted by molar-refractivity contribution is 5.60. The number of nitrogens with two attached hydrogens (primary N) is 1. The van der Waals surface area contributed by atoms with Crippen molar-refractivity contribution in [2.24, 2.45) is 5.92 Å². The second-order valence-corrected chi connectivity index (χ2v) is 3.75. The van der Waals surface area contributed by atoms with Gasteiger partial charge < -0.3 is 11.1 Å². The first-order valence-corrected chi connectivity index (χ1v) is 4.74. The first-order chi connectivity index (χ1) is 6.27. The monoisotopic (exact) mass is 177 g/mol. The summed E-state index contributed by atoms with van der Waals surface area (Å²) >= 11 is 0. The Labute approximate surface area is 78.4 Å². The molecule has 0 aromatic carbocycles. The van der Waals surface area contributed by atoms with Gasteiger partial charge >= 0.3 is 0 Å². The molecule has 2 atom stereocenters. The molecule has 1 heterocycles. The number of hydrogen-bond donors (Lipinski definition) is 2. The molecule has 0 aliphatic heterocycles. The third-order valence-corrected chi connectivity index (χ3v) is 2.78. The minimum Gasteiger partial charge on any atom is -0.396 e. The lowest BCUT2D eigenvalue weighted by Crippen LogP contribution is -2.36. The van der Waals surface area contributed by atoms with Crippen molar-refractivity contribution in [3.8, 4) is 0 Å². The van der Waals surface area contributed by atoms with Crippen molar-refractivity contribution < 1.29 is 0 Å². The van der Waals surface area contributed by atoms with Gasteiger partial charge in [0.2, 0.25) is 0 Å². The van der Waals surface area contributed by atoms with E-state index in [0.29, 0.717) is 6.04 Å². The number of rotatable bonds is 2. The van der Waals surface area contributed by atoms with E-state index in [0.717, 1.165) is 17.4 Å². The van der Waals surface area contributed by atoms with Crippen LogP contribution in [0.4, 0.5) is 11.5 Å². The maximum Gasteiger partial charge on any atom is 0.149 e. The predicted octanol–water partition coefficient (Wildman–Crippen LogP) is 1.87. The van der Waals surface area contributed by atoms with Gasteiger partial charge in [-0.3, -0.25) is 0 Å². The molecule has 1 aromatic rings. The summed E-state index contributed by atoms with van der Waals surface area (Å²) in [7, 11) is 0. The third-order valence-electron chi connectivity index (χ3n) is 2.78. The van der Waals surface area contributed by atoms with Crippen molar-refractivity contribution in [3.63, 3.8) is 0 Å². The molecule has 0 radical (unpaired) electrons. The molecule has 3 nitrogen and oxygen atoms in total. The molecule has 3 N–H and O–H groups in total. The van der Waals surface area contributed by atoms with E-state index in [-0.39, 0.29) is 0 Å². The van der Waals surface area contributed by atoms with Crippen LogP contribution >= 0.6 is 0 Å². The minimum atomic E-state index is 0.567. The van der Waals surface area contributed by atoms with Crippen LogP contribution in [0.15, 0.2) is 18.3 Å². The molecule has 1 aromatic heterocycles. The van der Waals surface area contributed by atoms with Crippen LogP contribution in [0.1, 0.15) is 19.8 Å². The number of aromatic nitrogens is 1. The molecular formula is C10H15N3. The molecule has 1 aliphatic carbocycles. The van der Waals surface area contributed by atoms with Gasteiger partial charge in [0, 0.05) is 12.2 Å². The second kappa shape index (κ2) is 3.24. The summed E-state index contributed by atoms with van der Waals surface area (Å²) in [4.78, 5) is 4.20. The van der Waals surface area contributed by atoms with Gasteiger partial charge in [0.15, 0.2) is 0 Å². The van der Waals surface area contributed by atoms with Crippen LogP contribution in [-0.4, -0.2) is 11.0 Å². The summed E-state index contributed by atoms with van der Waals surface area (Å²) in [5, 5.41) is 3.36. The van der Waals surface area contributed by atoms with Crippen molar-refractivity contribution >= 4 is 11.5 Å². The average Bonchev–Trinajstić information content (AvgIpc) is 2.14. The molecule has 1 saturated carbocycles. The van der Waals surface area contributed by atoms with Crippen LogP contribution in [0.3, 0.4) is 0 Å². The van der Waals surface area contributed by atoms with Crippen LogP contribution in [0.2, 0.25) is 0 Å². The van der Waals surface area contributed by atoms with Crippen molar-refractivity contribution in [1.82, 2.24) is 4.98 Å². The summed E-state index contributed by atoms with van der Waals surface area (Å²) < 4.78 is 0. The molecule has 0 amide bonds. The zero-order chi connectivity index (χ0) is 9.26. The molecule has 3 heteroatoms. The van der Waals surface area contributed by atoms with E-state index >= 15 is 0 Å². The van der Waals surface area contributed by atoms with Crippen molar-refractivity contribution in [2.75, 3.05) is 11.1 Å². The Morgan fingerprint density at radius 1 is 1.54 bits per heavy atom. The van der Waals surface area contributed by atoms with Crippen LogP contribution in [0.25, 0.3) is 0 Å². The Balaban J connectivity index is 2.05. The summed E-state index contributed by atoms with van der Waals surface area (Å²) in [6.07, 6.45) is 4.31. The Bertz CT molecular complexity index is 298. The molecule has 0 spiro atoms. The van der Waals surface area contributed by atoms with E-state index in [1.54, 1.807) is 6.20 Å². The highest BCUT2D eigenvalue weighted by Crippen LogP contribution is 2.30. The Kier molecular flexibility index (Phi) is 2.08. The Morgan fingerprint density at radius 2 is 2.38 bits per heavy atom. The molecule has 70 valence electrons. The summed E-state index contributed by atoms with van der Waals surface area (Å²) in [5.74, 6) is 1.58. The number of nitrogens with zero attached hydrogens (tertiary/aromatic N) is 1. The van der Waals surface area contributed by atoms with Crippen molar-refractivity contribution in [3.05, 3.63) is 18.3 Å². The SMILES string of the molecule is CC1CCC1Nc1ncccc1N.